The van der Waals surface area contributed by atoms with Crippen LogP contribution in [0.15, 0.2) is 18.2 Å². The van der Waals surface area contributed by atoms with Crippen molar-refractivity contribution in [1.29, 1.82) is 5.26 Å². The molecular formula is C14H16FN3O2. The summed E-state index contributed by atoms with van der Waals surface area (Å²) in [7, 11) is 0. The van der Waals surface area contributed by atoms with Gasteiger partial charge in [0.2, 0.25) is 0 Å². The van der Waals surface area contributed by atoms with Crippen LogP contribution in [0, 0.1) is 17.1 Å². The lowest BCUT2D eigenvalue weighted by molar-refractivity contribution is -0.138. The number of halogens is 1. The Morgan fingerprint density at radius 3 is 2.85 bits per heavy atom. The summed E-state index contributed by atoms with van der Waals surface area (Å²) in [6.07, 6.45) is 0.786. The highest BCUT2D eigenvalue weighted by Gasteiger charge is 2.19. The molecule has 2 rings (SSSR count). The van der Waals surface area contributed by atoms with Gasteiger partial charge in [-0.3, -0.25) is 9.69 Å². The fourth-order valence-electron chi connectivity index (χ4n) is 2.45. The zero-order chi connectivity index (χ0) is 14.5. The first-order valence-electron chi connectivity index (χ1n) is 6.49. The molecule has 1 aliphatic heterocycles. The van der Waals surface area contributed by atoms with Gasteiger partial charge in [0.25, 0.3) is 0 Å². The van der Waals surface area contributed by atoms with Crippen molar-refractivity contribution in [1.82, 2.24) is 4.90 Å². The fraction of sp³-hybridized carbons (Fsp3) is 0.429. The monoisotopic (exact) mass is 277 g/mol. The maximum absolute atomic E-state index is 13.6. The molecule has 1 saturated heterocycles. The normalized spacial score (nSPS) is 16.5. The molecule has 0 bridgehead atoms. The second-order valence-corrected chi connectivity index (χ2v) is 4.76. The van der Waals surface area contributed by atoms with E-state index in [1.165, 1.54) is 6.07 Å². The summed E-state index contributed by atoms with van der Waals surface area (Å²) in [5.74, 6) is -1.36. The Balaban J connectivity index is 2.13. The number of carboxylic acid groups (broad SMARTS) is 1. The highest BCUT2D eigenvalue weighted by atomic mass is 19.1. The van der Waals surface area contributed by atoms with Crippen molar-refractivity contribution in [3.8, 4) is 6.07 Å². The predicted octanol–water partition coefficient (Wildman–Crippen LogP) is 1.29. The van der Waals surface area contributed by atoms with Crippen LogP contribution in [0.4, 0.5) is 10.1 Å². The van der Waals surface area contributed by atoms with Crippen LogP contribution in [-0.4, -0.2) is 48.7 Å². The van der Waals surface area contributed by atoms with E-state index in [0.29, 0.717) is 31.9 Å². The van der Waals surface area contributed by atoms with Crippen molar-refractivity contribution in [3.63, 3.8) is 0 Å². The van der Waals surface area contributed by atoms with Gasteiger partial charge in [0.05, 0.1) is 12.2 Å². The van der Waals surface area contributed by atoms with E-state index in [1.54, 1.807) is 12.1 Å². The van der Waals surface area contributed by atoms with Gasteiger partial charge in [-0.1, -0.05) is 6.07 Å². The largest absolute Gasteiger partial charge is 0.480 e. The highest BCUT2D eigenvalue weighted by molar-refractivity contribution is 5.69. The maximum Gasteiger partial charge on any atom is 0.317 e. The minimum atomic E-state index is -0.845. The van der Waals surface area contributed by atoms with E-state index in [1.807, 2.05) is 15.9 Å². The number of nitriles is 1. The number of hydrogen-bond donors (Lipinski definition) is 1. The zero-order valence-corrected chi connectivity index (χ0v) is 11.0. The molecule has 1 aromatic rings. The molecule has 106 valence electrons. The molecule has 1 aliphatic rings. The minimum absolute atomic E-state index is 0.0160. The minimum Gasteiger partial charge on any atom is -0.480 e. The van der Waals surface area contributed by atoms with E-state index < -0.39 is 11.8 Å². The molecular weight excluding hydrogens is 261 g/mol. The summed E-state index contributed by atoms with van der Waals surface area (Å²) < 4.78 is 13.6. The van der Waals surface area contributed by atoms with Gasteiger partial charge >= 0.3 is 5.97 Å². The third-order valence-electron chi connectivity index (χ3n) is 3.39. The van der Waals surface area contributed by atoms with Crippen molar-refractivity contribution in [2.24, 2.45) is 0 Å². The molecule has 0 spiro atoms. The van der Waals surface area contributed by atoms with E-state index in [4.69, 9.17) is 10.4 Å². The molecule has 1 N–H and O–H groups in total. The van der Waals surface area contributed by atoms with Gasteiger partial charge < -0.3 is 10.0 Å². The smallest absolute Gasteiger partial charge is 0.317 e. The topological polar surface area (TPSA) is 67.6 Å². The summed E-state index contributed by atoms with van der Waals surface area (Å²) in [4.78, 5) is 14.5. The van der Waals surface area contributed by atoms with Crippen molar-refractivity contribution in [2.75, 3.05) is 37.6 Å². The van der Waals surface area contributed by atoms with Gasteiger partial charge in [-0.25, -0.2) is 4.39 Å². The number of carboxylic acids is 1. The summed E-state index contributed by atoms with van der Waals surface area (Å²) in [5.41, 5.74) is 0.642. The Labute approximate surface area is 116 Å². The van der Waals surface area contributed by atoms with Crippen molar-refractivity contribution in [2.45, 2.75) is 6.42 Å². The lowest BCUT2D eigenvalue weighted by Crippen LogP contribution is -2.34. The van der Waals surface area contributed by atoms with Crippen LogP contribution >= 0.6 is 0 Å². The molecule has 6 heteroatoms. The SMILES string of the molecule is N#Cc1c(F)cccc1N1CCCN(CC(=O)O)CC1. The number of hydrogen-bond acceptors (Lipinski definition) is 4. The molecule has 1 aromatic carbocycles. The van der Waals surface area contributed by atoms with Crippen LogP contribution in [0.2, 0.25) is 0 Å². The number of rotatable bonds is 3. The lowest BCUT2D eigenvalue weighted by Gasteiger charge is -2.24. The first kappa shape index (κ1) is 14.3. The molecule has 0 aliphatic carbocycles. The van der Waals surface area contributed by atoms with Crippen molar-refractivity contribution >= 4 is 11.7 Å². The summed E-state index contributed by atoms with van der Waals surface area (Å²) in [6.45, 7) is 2.58. The summed E-state index contributed by atoms with van der Waals surface area (Å²) in [5, 5.41) is 17.9. The van der Waals surface area contributed by atoms with Crippen molar-refractivity contribution < 1.29 is 14.3 Å². The van der Waals surface area contributed by atoms with E-state index in [2.05, 4.69) is 0 Å². The van der Waals surface area contributed by atoms with E-state index >= 15 is 0 Å². The average molecular weight is 277 g/mol. The number of nitrogens with zero attached hydrogens (tertiary/aromatic N) is 3. The van der Waals surface area contributed by atoms with Gasteiger partial charge in [0, 0.05) is 26.2 Å². The molecule has 20 heavy (non-hydrogen) atoms. The zero-order valence-electron chi connectivity index (χ0n) is 11.0. The van der Waals surface area contributed by atoms with Gasteiger partial charge in [0.15, 0.2) is 0 Å². The first-order valence-corrected chi connectivity index (χ1v) is 6.49. The van der Waals surface area contributed by atoms with Crippen molar-refractivity contribution in [3.05, 3.63) is 29.6 Å². The number of aliphatic carboxylic acids is 1. The Kier molecular flexibility index (Phi) is 4.53. The van der Waals surface area contributed by atoms with Gasteiger partial charge in [-0.15, -0.1) is 0 Å². The molecule has 0 amide bonds. The predicted molar refractivity (Wildman–Crippen MR) is 72.0 cm³/mol. The quantitative estimate of drug-likeness (QED) is 0.901. The third-order valence-corrected chi connectivity index (χ3v) is 3.39. The van der Waals surface area contributed by atoms with Crippen LogP contribution in [0.1, 0.15) is 12.0 Å². The average Bonchev–Trinajstić information content (AvgIpc) is 2.63. The standard InChI is InChI=1S/C14H16FN3O2/c15-12-3-1-4-13(11(12)9-16)18-6-2-5-17(7-8-18)10-14(19)20/h1,3-4H,2,5-8,10H2,(H,19,20). The summed E-state index contributed by atoms with van der Waals surface area (Å²) in [6, 6.07) is 6.49. The number of carbonyl (C=O) groups is 1. The molecule has 1 fully saturated rings. The number of anilines is 1. The molecule has 0 radical (unpaired) electrons. The molecule has 0 aromatic heterocycles. The first-order chi connectivity index (χ1) is 9.61. The van der Waals surface area contributed by atoms with Gasteiger partial charge in [-0.05, 0) is 18.6 Å². The van der Waals surface area contributed by atoms with Crippen LogP contribution in [-0.2, 0) is 4.79 Å². The Hall–Kier alpha value is -2.13. The Morgan fingerprint density at radius 1 is 1.35 bits per heavy atom. The molecule has 0 atom stereocenters. The van der Waals surface area contributed by atoms with Crippen LogP contribution in [0.25, 0.3) is 0 Å². The van der Waals surface area contributed by atoms with Crippen LogP contribution in [0.3, 0.4) is 0 Å². The second-order valence-electron chi connectivity index (χ2n) is 4.76. The Bertz CT molecular complexity index is 542. The van der Waals surface area contributed by atoms with Gasteiger partial charge in [-0.2, -0.15) is 5.26 Å². The Morgan fingerprint density at radius 2 is 2.15 bits per heavy atom. The van der Waals surface area contributed by atoms with E-state index in [-0.39, 0.29) is 12.1 Å². The van der Waals surface area contributed by atoms with E-state index in [9.17, 15) is 9.18 Å². The highest BCUT2D eigenvalue weighted by Crippen LogP contribution is 2.23. The second kappa shape index (κ2) is 6.35. The van der Waals surface area contributed by atoms with E-state index in [0.717, 1.165) is 6.42 Å². The fourth-order valence-corrected chi connectivity index (χ4v) is 2.45. The van der Waals surface area contributed by atoms with Gasteiger partial charge in [0.1, 0.15) is 17.4 Å². The third kappa shape index (κ3) is 3.25. The summed E-state index contributed by atoms with van der Waals surface area (Å²) >= 11 is 0. The molecule has 0 unspecified atom stereocenters. The molecule has 0 saturated carbocycles. The van der Waals surface area contributed by atoms with Crippen LogP contribution < -0.4 is 4.90 Å². The molecule has 5 nitrogen and oxygen atoms in total. The molecule has 1 heterocycles. The lowest BCUT2D eigenvalue weighted by atomic mass is 10.1. The van der Waals surface area contributed by atoms with Crippen LogP contribution in [0.5, 0.6) is 0 Å². The number of benzene rings is 1. The maximum atomic E-state index is 13.6.